The Morgan fingerprint density at radius 2 is 1.66 bits per heavy atom. The molecule has 3 aromatic carbocycles. The number of ether oxygens (including phenoxy) is 2. The number of hydrogen-bond donors (Lipinski definition) is 2. The minimum atomic E-state index is -0.959. The molecule has 8 nitrogen and oxygen atoms in total. The number of para-hydroxylation sites is 1. The third kappa shape index (κ3) is 3.65. The number of amides is 1. The number of rotatable bonds is 6. The Labute approximate surface area is 200 Å². The van der Waals surface area contributed by atoms with Crippen molar-refractivity contribution in [1.82, 2.24) is 0 Å². The van der Waals surface area contributed by atoms with Gasteiger partial charge in [-0.05, 0) is 54.1 Å². The molecule has 1 aromatic heterocycles. The zero-order valence-corrected chi connectivity index (χ0v) is 18.9. The molecule has 1 aliphatic rings. The van der Waals surface area contributed by atoms with E-state index in [1.807, 2.05) is 0 Å². The average Bonchev–Trinajstić information content (AvgIpc) is 3.43. The van der Waals surface area contributed by atoms with Crippen LogP contribution in [0.3, 0.4) is 0 Å². The summed E-state index contributed by atoms with van der Waals surface area (Å²) in [4.78, 5) is 28.3. The quantitative estimate of drug-likeness (QED) is 0.384. The molecule has 8 heteroatoms. The lowest BCUT2D eigenvalue weighted by molar-refractivity contribution is -0.117. The number of nitrogens with zero attached hydrogens (tertiary/aromatic N) is 1. The number of aliphatic hydroxyl groups excluding tert-OH is 1. The molecule has 35 heavy (non-hydrogen) atoms. The van der Waals surface area contributed by atoms with Crippen LogP contribution in [-0.4, -0.2) is 36.1 Å². The Hall–Kier alpha value is -4.72. The van der Waals surface area contributed by atoms with E-state index in [1.165, 1.54) is 31.3 Å². The highest BCUT2D eigenvalue weighted by molar-refractivity contribution is 6.20. The minimum absolute atomic E-state index is 0.0273. The molecule has 2 heterocycles. The Balaban J connectivity index is 1.64. The van der Waals surface area contributed by atoms with Crippen LogP contribution >= 0.6 is 0 Å². The zero-order valence-electron chi connectivity index (χ0n) is 18.9. The first-order chi connectivity index (χ1) is 16.9. The van der Waals surface area contributed by atoms with Gasteiger partial charge in [-0.2, -0.15) is 0 Å². The highest BCUT2D eigenvalue weighted by Gasteiger charge is 2.45. The Morgan fingerprint density at radius 3 is 2.31 bits per heavy atom. The molecule has 176 valence electrons. The van der Waals surface area contributed by atoms with Crippen molar-refractivity contribution >= 4 is 28.3 Å². The summed E-state index contributed by atoms with van der Waals surface area (Å²) in [6.45, 7) is 0. The smallest absolute Gasteiger partial charge is 0.294 e. The van der Waals surface area contributed by atoms with Crippen LogP contribution in [-0.2, 0) is 4.79 Å². The number of furan rings is 1. The molecule has 1 atom stereocenters. The molecular weight excluding hydrogens is 450 g/mol. The highest BCUT2D eigenvalue weighted by atomic mass is 16.5. The van der Waals surface area contributed by atoms with Crippen LogP contribution < -0.4 is 14.4 Å². The van der Waals surface area contributed by atoms with Gasteiger partial charge in [-0.15, -0.1) is 0 Å². The predicted octanol–water partition coefficient (Wildman–Crippen LogP) is 4.94. The minimum Gasteiger partial charge on any atom is -0.508 e. The lowest BCUT2D eigenvalue weighted by Gasteiger charge is -2.27. The lowest BCUT2D eigenvalue weighted by Crippen LogP contribution is -2.31. The number of phenolic OH excluding ortho intramolecular Hbond substituents is 1. The second kappa shape index (κ2) is 8.57. The maximum absolute atomic E-state index is 13.7. The first-order valence-electron chi connectivity index (χ1n) is 10.7. The molecule has 0 radical (unpaired) electrons. The van der Waals surface area contributed by atoms with Gasteiger partial charge in [0, 0.05) is 11.1 Å². The number of ketones is 1. The van der Waals surface area contributed by atoms with Crippen molar-refractivity contribution in [3.8, 4) is 17.2 Å². The molecule has 0 aliphatic carbocycles. The standard InChI is InChI=1S/C27H21NO7/c1-33-19-12-8-17(9-13-19)28-23(15-6-10-18(29)11-7-15)22(25(31)27(28)32)24(30)21-14-16-4-3-5-20(34-2)26(16)35-21/h3-14,23,29,31H,1-2H3. The molecule has 2 N–H and O–H groups in total. The number of hydrogen-bond acceptors (Lipinski definition) is 7. The summed E-state index contributed by atoms with van der Waals surface area (Å²) >= 11 is 0. The average molecular weight is 471 g/mol. The van der Waals surface area contributed by atoms with Gasteiger partial charge in [-0.3, -0.25) is 14.5 Å². The van der Waals surface area contributed by atoms with Gasteiger partial charge in [0.15, 0.2) is 22.9 Å². The number of phenols is 1. The van der Waals surface area contributed by atoms with Crippen molar-refractivity contribution in [1.29, 1.82) is 0 Å². The number of aliphatic hydroxyl groups is 1. The molecule has 0 saturated heterocycles. The summed E-state index contributed by atoms with van der Waals surface area (Å²) in [7, 11) is 3.03. The van der Waals surface area contributed by atoms with Crippen LogP contribution in [0.1, 0.15) is 22.2 Å². The fourth-order valence-corrected chi connectivity index (χ4v) is 4.26. The van der Waals surface area contributed by atoms with Crippen molar-refractivity contribution in [3.05, 3.63) is 95.5 Å². The first-order valence-corrected chi connectivity index (χ1v) is 10.7. The number of anilines is 1. The van der Waals surface area contributed by atoms with Gasteiger partial charge in [0.2, 0.25) is 5.78 Å². The monoisotopic (exact) mass is 471 g/mol. The van der Waals surface area contributed by atoms with Gasteiger partial charge in [0.05, 0.1) is 25.8 Å². The number of carbonyl (C=O) groups excluding carboxylic acids is 2. The second-order valence-corrected chi connectivity index (χ2v) is 7.95. The van der Waals surface area contributed by atoms with Crippen LogP contribution in [0.15, 0.2) is 88.5 Å². The van der Waals surface area contributed by atoms with Crippen molar-refractivity contribution in [3.63, 3.8) is 0 Å². The van der Waals surface area contributed by atoms with Crippen molar-refractivity contribution in [2.45, 2.75) is 6.04 Å². The van der Waals surface area contributed by atoms with Crippen LogP contribution in [0.5, 0.6) is 17.2 Å². The molecule has 1 amide bonds. The number of carbonyl (C=O) groups is 2. The molecule has 0 bridgehead atoms. The molecular formula is C27H21NO7. The fourth-order valence-electron chi connectivity index (χ4n) is 4.26. The number of methoxy groups -OCH3 is 2. The Kier molecular flexibility index (Phi) is 5.41. The zero-order chi connectivity index (χ0) is 24.7. The van der Waals surface area contributed by atoms with Crippen LogP contribution in [0.25, 0.3) is 11.0 Å². The van der Waals surface area contributed by atoms with Gasteiger partial charge in [0.25, 0.3) is 5.91 Å². The SMILES string of the molecule is COc1ccc(N2C(=O)C(O)=C(C(=O)c3cc4cccc(OC)c4o3)C2c2ccc(O)cc2)cc1. The fraction of sp³-hybridized carbons (Fsp3) is 0.111. The van der Waals surface area contributed by atoms with Gasteiger partial charge in [-0.1, -0.05) is 24.3 Å². The van der Waals surface area contributed by atoms with Crippen molar-refractivity contribution in [2.24, 2.45) is 0 Å². The predicted molar refractivity (Wildman–Crippen MR) is 128 cm³/mol. The third-order valence-electron chi connectivity index (χ3n) is 5.96. The van der Waals surface area contributed by atoms with Crippen LogP contribution in [0.4, 0.5) is 5.69 Å². The maximum Gasteiger partial charge on any atom is 0.294 e. The maximum atomic E-state index is 13.7. The Bertz CT molecular complexity index is 1470. The molecule has 1 unspecified atom stereocenters. The summed E-state index contributed by atoms with van der Waals surface area (Å²) in [5, 5.41) is 21.3. The summed E-state index contributed by atoms with van der Waals surface area (Å²) in [5.41, 5.74) is 1.23. The summed E-state index contributed by atoms with van der Waals surface area (Å²) < 4.78 is 16.3. The normalized spacial score (nSPS) is 15.7. The van der Waals surface area contributed by atoms with E-state index in [2.05, 4.69) is 0 Å². The summed E-state index contributed by atoms with van der Waals surface area (Å²) in [5.74, 6) is -1.01. The van der Waals surface area contributed by atoms with E-state index in [-0.39, 0.29) is 17.1 Å². The Morgan fingerprint density at radius 1 is 0.943 bits per heavy atom. The molecule has 1 aliphatic heterocycles. The summed E-state index contributed by atoms with van der Waals surface area (Å²) in [6.07, 6.45) is 0. The van der Waals surface area contributed by atoms with E-state index in [1.54, 1.807) is 60.7 Å². The van der Waals surface area contributed by atoms with E-state index in [0.717, 1.165) is 0 Å². The van der Waals surface area contributed by atoms with Gasteiger partial charge < -0.3 is 24.1 Å². The summed E-state index contributed by atoms with van der Waals surface area (Å²) in [6, 6.07) is 18.6. The first kappa shape index (κ1) is 22.1. The van der Waals surface area contributed by atoms with Gasteiger partial charge in [-0.25, -0.2) is 0 Å². The molecule has 0 spiro atoms. The van der Waals surface area contributed by atoms with E-state index < -0.39 is 23.5 Å². The molecule has 5 rings (SSSR count). The third-order valence-corrected chi connectivity index (χ3v) is 5.96. The molecule has 0 fully saturated rings. The number of Topliss-reactive ketones (excluding diaryl/α,β-unsaturated/α-hetero) is 1. The number of benzene rings is 3. The number of aromatic hydroxyl groups is 1. The highest BCUT2D eigenvalue weighted by Crippen LogP contribution is 2.43. The second-order valence-electron chi connectivity index (χ2n) is 7.95. The van der Waals surface area contributed by atoms with E-state index >= 15 is 0 Å². The van der Waals surface area contributed by atoms with Crippen molar-refractivity contribution in [2.75, 3.05) is 19.1 Å². The lowest BCUT2D eigenvalue weighted by atomic mass is 9.94. The van der Waals surface area contributed by atoms with E-state index in [4.69, 9.17) is 13.9 Å². The van der Waals surface area contributed by atoms with Crippen molar-refractivity contribution < 1.29 is 33.7 Å². The van der Waals surface area contributed by atoms with Gasteiger partial charge >= 0.3 is 0 Å². The molecule has 0 saturated carbocycles. The largest absolute Gasteiger partial charge is 0.508 e. The van der Waals surface area contributed by atoms with Gasteiger partial charge in [0.1, 0.15) is 11.5 Å². The van der Waals surface area contributed by atoms with E-state index in [9.17, 15) is 19.8 Å². The van der Waals surface area contributed by atoms with Crippen LogP contribution in [0.2, 0.25) is 0 Å². The van der Waals surface area contributed by atoms with E-state index in [0.29, 0.717) is 33.7 Å². The number of fused-ring (bicyclic) bond motifs is 1. The topological polar surface area (TPSA) is 109 Å². The molecule has 4 aromatic rings. The van der Waals surface area contributed by atoms with Crippen LogP contribution in [0, 0.1) is 0 Å².